The highest BCUT2D eigenvalue weighted by Crippen LogP contribution is 2.26. The van der Waals surface area contributed by atoms with Crippen molar-refractivity contribution in [3.63, 3.8) is 0 Å². The number of hydrogen-bond acceptors (Lipinski definition) is 2. The fraction of sp³-hybridized carbons (Fsp3) is 0.0714. The molecule has 98 valence electrons. The van der Waals surface area contributed by atoms with Gasteiger partial charge in [0.25, 0.3) is 0 Å². The lowest BCUT2D eigenvalue weighted by Gasteiger charge is -2.10. The van der Waals surface area contributed by atoms with Crippen molar-refractivity contribution in [1.29, 1.82) is 0 Å². The van der Waals surface area contributed by atoms with Crippen LogP contribution in [0.1, 0.15) is 11.1 Å². The summed E-state index contributed by atoms with van der Waals surface area (Å²) in [6.07, 6.45) is 0. The van der Waals surface area contributed by atoms with Gasteiger partial charge in [-0.15, -0.1) is 0 Å². The molecule has 0 fully saturated rings. The van der Waals surface area contributed by atoms with Crippen molar-refractivity contribution in [2.24, 2.45) is 5.73 Å². The lowest BCUT2D eigenvalue weighted by atomic mass is 10.1. The highest BCUT2D eigenvalue weighted by atomic mass is 79.9. The summed E-state index contributed by atoms with van der Waals surface area (Å²) in [5.74, 6) is 0.775. The summed E-state index contributed by atoms with van der Waals surface area (Å²) in [6, 6.07) is 13.1. The first-order valence-electron chi connectivity index (χ1n) is 5.53. The lowest BCUT2D eigenvalue weighted by Crippen LogP contribution is -2.09. The van der Waals surface area contributed by atoms with Crippen LogP contribution in [0, 0.1) is 0 Å². The maximum Gasteiger partial charge on any atom is 0.133 e. The third kappa shape index (κ3) is 3.69. The Bertz CT molecular complexity index is 618. The average molecular weight is 357 g/mol. The van der Waals surface area contributed by atoms with Gasteiger partial charge in [0.1, 0.15) is 17.3 Å². The van der Waals surface area contributed by atoms with Crippen LogP contribution in [0.15, 0.2) is 46.9 Å². The third-order valence-electron chi connectivity index (χ3n) is 2.56. The quantitative estimate of drug-likeness (QED) is 0.829. The highest BCUT2D eigenvalue weighted by molar-refractivity contribution is 9.10. The van der Waals surface area contributed by atoms with Gasteiger partial charge in [0, 0.05) is 16.1 Å². The number of thiocarbonyl (C=S) groups is 1. The van der Waals surface area contributed by atoms with Gasteiger partial charge in [-0.3, -0.25) is 0 Å². The van der Waals surface area contributed by atoms with E-state index in [4.69, 9.17) is 34.3 Å². The highest BCUT2D eigenvalue weighted by Gasteiger charge is 2.06. The van der Waals surface area contributed by atoms with E-state index in [1.165, 1.54) is 0 Å². The maximum atomic E-state index is 6.17. The third-order valence-corrected chi connectivity index (χ3v) is 3.80. The Balaban J connectivity index is 2.12. The summed E-state index contributed by atoms with van der Waals surface area (Å²) in [6.45, 7) is 0.388. The monoisotopic (exact) mass is 355 g/mol. The number of nitrogens with two attached hydrogens (primary N) is 1. The Morgan fingerprint density at radius 2 is 2.00 bits per heavy atom. The van der Waals surface area contributed by atoms with E-state index in [2.05, 4.69) is 15.9 Å². The van der Waals surface area contributed by atoms with Crippen LogP contribution in [-0.2, 0) is 6.61 Å². The van der Waals surface area contributed by atoms with E-state index in [0.29, 0.717) is 16.6 Å². The van der Waals surface area contributed by atoms with E-state index in [1.54, 1.807) is 6.07 Å². The van der Waals surface area contributed by atoms with Gasteiger partial charge >= 0.3 is 0 Å². The summed E-state index contributed by atoms with van der Waals surface area (Å²) in [5.41, 5.74) is 7.19. The van der Waals surface area contributed by atoms with Gasteiger partial charge in [-0.2, -0.15) is 0 Å². The molecular formula is C14H11BrClNOS. The second-order valence-corrected chi connectivity index (χ2v) is 5.59. The van der Waals surface area contributed by atoms with E-state index in [9.17, 15) is 0 Å². The number of rotatable bonds is 4. The number of hydrogen-bond donors (Lipinski definition) is 1. The minimum absolute atomic E-state index is 0.333. The molecule has 0 radical (unpaired) electrons. The predicted molar refractivity (Wildman–Crippen MR) is 85.8 cm³/mol. The second kappa shape index (κ2) is 6.37. The summed E-state index contributed by atoms with van der Waals surface area (Å²) in [7, 11) is 0. The Morgan fingerprint density at radius 1 is 1.26 bits per heavy atom. The first-order chi connectivity index (χ1) is 9.08. The molecule has 2 aromatic rings. The molecule has 0 aliphatic carbocycles. The molecule has 2 N–H and O–H groups in total. The predicted octanol–water partition coefficient (Wildman–Crippen LogP) is 4.32. The molecule has 0 aliphatic rings. The van der Waals surface area contributed by atoms with Crippen LogP contribution in [-0.4, -0.2) is 4.99 Å². The molecule has 0 aliphatic heterocycles. The van der Waals surface area contributed by atoms with Gasteiger partial charge < -0.3 is 10.5 Å². The van der Waals surface area contributed by atoms with Crippen LogP contribution in [0.3, 0.4) is 0 Å². The maximum absolute atomic E-state index is 6.17. The largest absolute Gasteiger partial charge is 0.488 e. The molecule has 0 saturated carbocycles. The van der Waals surface area contributed by atoms with Gasteiger partial charge in [-0.1, -0.05) is 48.1 Å². The van der Waals surface area contributed by atoms with E-state index < -0.39 is 0 Å². The van der Waals surface area contributed by atoms with Crippen molar-refractivity contribution in [3.05, 3.63) is 63.1 Å². The molecule has 0 saturated heterocycles. The molecular weight excluding hydrogens is 346 g/mol. The van der Waals surface area contributed by atoms with Crippen molar-refractivity contribution in [2.75, 3.05) is 0 Å². The van der Waals surface area contributed by atoms with Crippen molar-refractivity contribution in [3.8, 4) is 5.75 Å². The number of benzene rings is 2. The first-order valence-corrected chi connectivity index (χ1v) is 7.11. The lowest BCUT2D eigenvalue weighted by molar-refractivity contribution is 0.304. The summed E-state index contributed by atoms with van der Waals surface area (Å²) in [5, 5.41) is 0.595. The zero-order valence-electron chi connectivity index (χ0n) is 9.90. The molecule has 5 heteroatoms. The van der Waals surface area contributed by atoms with Gasteiger partial charge in [-0.25, -0.2) is 0 Å². The molecule has 19 heavy (non-hydrogen) atoms. The normalized spacial score (nSPS) is 10.2. The Kier molecular flexibility index (Phi) is 4.80. The Morgan fingerprint density at radius 3 is 2.63 bits per heavy atom. The molecule has 0 heterocycles. The second-order valence-electron chi connectivity index (χ2n) is 3.89. The Labute approximate surface area is 130 Å². The van der Waals surface area contributed by atoms with Crippen molar-refractivity contribution in [2.45, 2.75) is 6.61 Å². The molecule has 0 spiro atoms. The van der Waals surface area contributed by atoms with Gasteiger partial charge in [-0.05, 0) is 34.1 Å². The standard InChI is InChI=1S/C14H11BrClNOS/c15-11-3-1-2-4-13(11)18-8-10-6-5-9(14(17)19)7-12(10)16/h1-7H,8H2,(H2,17,19). The number of para-hydroxylation sites is 1. The number of ether oxygens (including phenoxy) is 1. The average Bonchev–Trinajstić information content (AvgIpc) is 2.39. The van der Waals surface area contributed by atoms with Crippen LogP contribution in [0.2, 0.25) is 5.02 Å². The molecule has 2 rings (SSSR count). The SMILES string of the molecule is NC(=S)c1ccc(COc2ccccc2Br)c(Cl)c1. The van der Waals surface area contributed by atoms with E-state index >= 15 is 0 Å². The molecule has 0 amide bonds. The zero-order valence-corrected chi connectivity index (χ0v) is 13.1. The summed E-state index contributed by atoms with van der Waals surface area (Å²) in [4.78, 5) is 0.333. The fourth-order valence-electron chi connectivity index (χ4n) is 1.53. The van der Waals surface area contributed by atoms with Crippen molar-refractivity contribution in [1.82, 2.24) is 0 Å². The Hall–Kier alpha value is -1.10. The molecule has 0 unspecified atom stereocenters. The minimum atomic E-state index is 0.333. The minimum Gasteiger partial charge on any atom is -0.488 e. The van der Waals surface area contributed by atoms with Crippen molar-refractivity contribution >= 4 is 44.7 Å². The van der Waals surface area contributed by atoms with Crippen LogP contribution in [0.25, 0.3) is 0 Å². The van der Waals surface area contributed by atoms with Crippen molar-refractivity contribution < 1.29 is 4.74 Å². The van der Waals surface area contributed by atoms with Crippen LogP contribution in [0.4, 0.5) is 0 Å². The van der Waals surface area contributed by atoms with E-state index in [0.717, 1.165) is 21.3 Å². The molecule has 2 nitrogen and oxygen atoms in total. The fourth-order valence-corrected chi connectivity index (χ4v) is 2.30. The van der Waals surface area contributed by atoms with Gasteiger partial charge in [0.15, 0.2) is 0 Å². The molecule has 0 aromatic heterocycles. The number of halogens is 2. The van der Waals surface area contributed by atoms with Gasteiger partial charge in [0.2, 0.25) is 0 Å². The van der Waals surface area contributed by atoms with Crippen LogP contribution in [0.5, 0.6) is 5.75 Å². The van der Waals surface area contributed by atoms with Crippen LogP contribution < -0.4 is 10.5 Å². The van der Waals surface area contributed by atoms with Crippen LogP contribution >= 0.6 is 39.7 Å². The molecule has 2 aromatic carbocycles. The van der Waals surface area contributed by atoms with E-state index in [1.807, 2.05) is 36.4 Å². The molecule has 0 atom stereocenters. The van der Waals surface area contributed by atoms with E-state index in [-0.39, 0.29) is 0 Å². The molecule has 0 bridgehead atoms. The topological polar surface area (TPSA) is 35.2 Å². The smallest absolute Gasteiger partial charge is 0.133 e. The first kappa shape index (κ1) is 14.3. The zero-order chi connectivity index (χ0) is 13.8. The summed E-state index contributed by atoms with van der Waals surface area (Å²) >= 11 is 14.5. The van der Waals surface area contributed by atoms with Gasteiger partial charge in [0.05, 0.1) is 4.47 Å². The summed E-state index contributed by atoms with van der Waals surface area (Å²) < 4.78 is 6.62.